The molecule has 4 N–H and O–H groups in total. The van der Waals surface area contributed by atoms with Crippen molar-refractivity contribution < 1.29 is 4.79 Å². The molecular weight excluding hydrogens is 292 g/mol. The van der Waals surface area contributed by atoms with Crippen LogP contribution in [0.2, 0.25) is 0 Å². The number of benzene rings is 1. The molecule has 0 fully saturated rings. The molecule has 0 saturated carbocycles. The molecule has 0 atom stereocenters. The summed E-state index contributed by atoms with van der Waals surface area (Å²) < 4.78 is 0. The van der Waals surface area contributed by atoms with Gasteiger partial charge in [-0.05, 0) is 36.0 Å². The lowest BCUT2D eigenvalue weighted by Gasteiger charge is -2.05. The number of aromatic nitrogens is 1. The van der Waals surface area contributed by atoms with Gasteiger partial charge in [-0.25, -0.2) is 9.82 Å². The van der Waals surface area contributed by atoms with Crippen molar-refractivity contribution in [3.63, 3.8) is 0 Å². The van der Waals surface area contributed by atoms with Gasteiger partial charge in [0, 0.05) is 0 Å². The molecule has 108 valence electrons. The first-order valence-electron chi connectivity index (χ1n) is 6.05. The van der Waals surface area contributed by atoms with Crippen LogP contribution >= 0.6 is 11.8 Å². The topological polar surface area (TPSA) is 105 Å². The lowest BCUT2D eigenvalue weighted by molar-refractivity contribution is -0.115. The molecule has 1 aromatic heterocycles. The minimum atomic E-state index is -0.324. The van der Waals surface area contributed by atoms with Crippen molar-refractivity contribution in [3.05, 3.63) is 42.5 Å². The van der Waals surface area contributed by atoms with Crippen LogP contribution in [0.4, 0.5) is 23.0 Å². The highest BCUT2D eigenvalue weighted by Gasteiger charge is 2.05. The van der Waals surface area contributed by atoms with Gasteiger partial charge >= 0.3 is 0 Å². The average molecular weight is 305 g/mol. The number of carbonyl (C=O) groups is 1. The van der Waals surface area contributed by atoms with Crippen molar-refractivity contribution in [2.24, 2.45) is 10.2 Å². The highest BCUT2D eigenvalue weighted by atomic mass is 35.5. The second-order valence-corrected chi connectivity index (χ2v) is 4.26. The van der Waals surface area contributed by atoms with Crippen LogP contribution in [0.5, 0.6) is 0 Å². The third-order valence-electron chi connectivity index (χ3n) is 2.43. The number of halogens is 1. The summed E-state index contributed by atoms with van der Waals surface area (Å²) in [6.07, 6.45) is 0. The van der Waals surface area contributed by atoms with Gasteiger partial charge in [0.25, 0.3) is 0 Å². The molecule has 1 aromatic carbocycles. The number of rotatable bonds is 5. The zero-order valence-electron chi connectivity index (χ0n) is 11.0. The van der Waals surface area contributed by atoms with E-state index in [0.29, 0.717) is 17.2 Å². The SMILES string of the molecule is Nc1nc(NC(=O)CNCl)ccc1N=Nc1ccccc1. The Balaban J connectivity index is 2.09. The van der Waals surface area contributed by atoms with Crippen LogP contribution in [0.15, 0.2) is 52.7 Å². The van der Waals surface area contributed by atoms with Crippen molar-refractivity contribution >= 4 is 40.7 Å². The van der Waals surface area contributed by atoms with Gasteiger partial charge in [-0.1, -0.05) is 18.2 Å². The van der Waals surface area contributed by atoms with E-state index in [0.717, 1.165) is 0 Å². The first-order chi connectivity index (χ1) is 10.2. The number of hydrogen-bond donors (Lipinski definition) is 3. The van der Waals surface area contributed by atoms with E-state index in [2.05, 4.69) is 25.4 Å². The van der Waals surface area contributed by atoms with Gasteiger partial charge in [0.15, 0.2) is 5.82 Å². The summed E-state index contributed by atoms with van der Waals surface area (Å²) in [4.78, 5) is 17.6. The van der Waals surface area contributed by atoms with E-state index >= 15 is 0 Å². The summed E-state index contributed by atoms with van der Waals surface area (Å²) in [7, 11) is 0. The number of carbonyl (C=O) groups excluding carboxylic acids is 1. The molecule has 1 amide bonds. The van der Waals surface area contributed by atoms with E-state index in [-0.39, 0.29) is 18.3 Å². The second-order valence-electron chi connectivity index (χ2n) is 3.99. The summed E-state index contributed by atoms with van der Waals surface area (Å²) in [5.74, 6) is 0.171. The number of amides is 1. The molecule has 0 aliphatic rings. The summed E-state index contributed by atoms with van der Waals surface area (Å²) in [6, 6.07) is 12.5. The van der Waals surface area contributed by atoms with Crippen molar-refractivity contribution in [2.75, 3.05) is 17.6 Å². The second kappa shape index (κ2) is 7.32. The average Bonchev–Trinajstić information content (AvgIpc) is 2.48. The van der Waals surface area contributed by atoms with E-state index in [4.69, 9.17) is 17.5 Å². The van der Waals surface area contributed by atoms with E-state index in [1.807, 2.05) is 30.3 Å². The highest BCUT2D eigenvalue weighted by Crippen LogP contribution is 2.24. The Morgan fingerprint density at radius 3 is 2.62 bits per heavy atom. The number of azo groups is 1. The van der Waals surface area contributed by atoms with Crippen molar-refractivity contribution in [3.8, 4) is 0 Å². The lowest BCUT2D eigenvalue weighted by atomic mass is 10.3. The van der Waals surface area contributed by atoms with Crippen LogP contribution < -0.4 is 15.9 Å². The zero-order valence-corrected chi connectivity index (χ0v) is 11.7. The fraction of sp³-hybridized carbons (Fsp3) is 0.0769. The molecule has 0 aliphatic heterocycles. The van der Waals surface area contributed by atoms with Crippen LogP contribution in [0.1, 0.15) is 0 Å². The van der Waals surface area contributed by atoms with Crippen LogP contribution in [-0.2, 0) is 4.79 Å². The molecule has 0 unspecified atom stereocenters. The van der Waals surface area contributed by atoms with Gasteiger partial charge in [-0.3, -0.25) is 4.79 Å². The number of nitrogens with one attached hydrogen (secondary N) is 2. The first-order valence-corrected chi connectivity index (χ1v) is 6.43. The number of pyridine rings is 1. The molecule has 2 aromatic rings. The third-order valence-corrected chi connectivity index (χ3v) is 2.56. The van der Waals surface area contributed by atoms with E-state index < -0.39 is 0 Å². The zero-order chi connectivity index (χ0) is 15.1. The van der Waals surface area contributed by atoms with Crippen molar-refractivity contribution in [1.29, 1.82) is 0 Å². The quantitative estimate of drug-likeness (QED) is 0.583. The molecule has 0 spiro atoms. The third kappa shape index (κ3) is 4.51. The summed E-state index contributed by atoms with van der Waals surface area (Å²) in [5, 5.41) is 10.6. The number of anilines is 2. The molecule has 7 nitrogen and oxygen atoms in total. The molecule has 8 heteroatoms. The lowest BCUT2D eigenvalue weighted by Crippen LogP contribution is -2.22. The van der Waals surface area contributed by atoms with Crippen molar-refractivity contribution in [1.82, 2.24) is 9.82 Å². The normalized spacial score (nSPS) is 10.7. The standard InChI is InChI=1S/C13H13ClN6O/c14-16-8-12(21)17-11-7-6-10(13(15)18-11)20-19-9-4-2-1-3-5-9/h1-7,16H,8H2,(H3,15,17,18,21). The van der Waals surface area contributed by atoms with Crippen LogP contribution in [0.3, 0.4) is 0 Å². The van der Waals surface area contributed by atoms with E-state index in [1.54, 1.807) is 12.1 Å². The molecule has 0 saturated heterocycles. The van der Waals surface area contributed by atoms with Gasteiger partial charge in [-0.15, -0.1) is 5.11 Å². The van der Waals surface area contributed by atoms with Crippen LogP contribution in [-0.4, -0.2) is 17.4 Å². The minimum Gasteiger partial charge on any atom is -0.382 e. The van der Waals surface area contributed by atoms with Gasteiger partial charge in [0.1, 0.15) is 11.5 Å². The molecule has 2 rings (SSSR count). The molecular formula is C13H13ClN6O. The summed E-state index contributed by atoms with van der Waals surface area (Å²) in [5.41, 5.74) is 6.91. The Morgan fingerprint density at radius 1 is 1.19 bits per heavy atom. The number of nitrogens with zero attached hydrogens (tertiary/aromatic N) is 3. The maximum atomic E-state index is 11.3. The fourth-order valence-electron chi connectivity index (χ4n) is 1.48. The summed E-state index contributed by atoms with van der Waals surface area (Å²) in [6.45, 7) is -0.0292. The molecule has 0 bridgehead atoms. The maximum absolute atomic E-state index is 11.3. The summed E-state index contributed by atoms with van der Waals surface area (Å²) >= 11 is 5.24. The Morgan fingerprint density at radius 2 is 1.95 bits per heavy atom. The Hall–Kier alpha value is -2.51. The predicted molar refractivity (Wildman–Crippen MR) is 81.8 cm³/mol. The number of hydrogen-bond acceptors (Lipinski definition) is 6. The van der Waals surface area contributed by atoms with Crippen LogP contribution in [0, 0.1) is 0 Å². The largest absolute Gasteiger partial charge is 0.382 e. The van der Waals surface area contributed by atoms with Gasteiger partial charge in [-0.2, -0.15) is 5.11 Å². The molecule has 0 radical (unpaired) electrons. The molecule has 21 heavy (non-hydrogen) atoms. The Bertz CT molecular complexity index is 646. The smallest absolute Gasteiger partial charge is 0.240 e. The molecule has 1 heterocycles. The molecule has 0 aliphatic carbocycles. The minimum absolute atomic E-state index is 0.0292. The van der Waals surface area contributed by atoms with Gasteiger partial charge in [0.2, 0.25) is 5.91 Å². The van der Waals surface area contributed by atoms with Gasteiger partial charge in [0.05, 0.1) is 12.2 Å². The van der Waals surface area contributed by atoms with E-state index in [9.17, 15) is 4.79 Å². The van der Waals surface area contributed by atoms with E-state index in [1.165, 1.54) is 0 Å². The van der Waals surface area contributed by atoms with Gasteiger partial charge < -0.3 is 11.1 Å². The Kier molecular flexibility index (Phi) is 5.19. The van der Waals surface area contributed by atoms with Crippen LogP contribution in [0.25, 0.3) is 0 Å². The maximum Gasteiger partial charge on any atom is 0.240 e. The monoisotopic (exact) mass is 304 g/mol. The predicted octanol–water partition coefficient (Wildman–Crippen LogP) is 2.76. The van der Waals surface area contributed by atoms with Crippen molar-refractivity contribution in [2.45, 2.75) is 0 Å². The fourth-order valence-corrected chi connectivity index (χ4v) is 1.60. The first kappa shape index (κ1) is 14.9. The Labute approximate surface area is 126 Å². The number of nitrogen functional groups attached to an aromatic ring is 1. The number of nitrogens with two attached hydrogens (primary N) is 1. The highest BCUT2D eigenvalue weighted by molar-refractivity contribution is 6.15.